The molecule has 0 aliphatic carbocycles. The smallest absolute Gasteiger partial charge is 0.144 e. The van der Waals surface area contributed by atoms with Crippen LogP contribution in [-0.4, -0.2) is 20.5 Å². The van der Waals surface area contributed by atoms with Gasteiger partial charge in [-0.3, -0.25) is 0 Å². The Labute approximate surface area is 124 Å². The quantitative estimate of drug-likeness (QED) is 0.616. The first kappa shape index (κ1) is 14.5. The number of aromatic nitrogens is 1. The Bertz CT molecular complexity index is 622. The summed E-state index contributed by atoms with van der Waals surface area (Å²) in [5.41, 5.74) is 1.59. The molecule has 0 aliphatic heterocycles. The molecule has 5 heteroatoms. The van der Waals surface area contributed by atoms with E-state index in [1.54, 1.807) is 6.21 Å². The van der Waals surface area contributed by atoms with E-state index < -0.39 is 11.4 Å². The number of halogens is 1. The summed E-state index contributed by atoms with van der Waals surface area (Å²) in [6.45, 7) is 5.68. The van der Waals surface area contributed by atoms with Gasteiger partial charge in [0.05, 0.1) is 5.52 Å². The molecule has 1 unspecified atom stereocenters. The summed E-state index contributed by atoms with van der Waals surface area (Å²) in [7, 11) is 0. The number of pyridine rings is 1. The van der Waals surface area contributed by atoms with Gasteiger partial charge in [-0.1, -0.05) is 22.6 Å². The normalized spacial score (nSPS) is 14.2. The van der Waals surface area contributed by atoms with Crippen molar-refractivity contribution in [2.75, 3.05) is 0 Å². The number of hydrogen-bond acceptors (Lipinski definition) is 3. The van der Waals surface area contributed by atoms with Gasteiger partial charge in [-0.15, -0.1) is 0 Å². The van der Waals surface area contributed by atoms with Crippen LogP contribution >= 0.6 is 15.9 Å². The standard InChI is InChI=1S/C14H15BrN2OS/c1-14(2,3)19(18)16-9-13-11(15)8-10-6-4-5-7-12(10)17-13/h4-9H,1-3H3/b16-9+. The first-order chi connectivity index (χ1) is 8.88. The molecule has 3 nitrogen and oxygen atoms in total. The van der Waals surface area contributed by atoms with Crippen molar-refractivity contribution in [3.63, 3.8) is 0 Å². The third-order valence-corrected chi connectivity index (χ3v) is 4.48. The Kier molecular flexibility index (Phi) is 4.28. The van der Waals surface area contributed by atoms with Crippen LogP contribution in [0.1, 0.15) is 26.5 Å². The van der Waals surface area contributed by atoms with Crippen molar-refractivity contribution in [3.05, 3.63) is 40.5 Å². The molecular weight excluding hydrogens is 324 g/mol. The highest BCUT2D eigenvalue weighted by Gasteiger charge is 2.25. The van der Waals surface area contributed by atoms with Crippen LogP contribution in [-0.2, 0) is 11.4 Å². The highest BCUT2D eigenvalue weighted by atomic mass is 79.9. The van der Waals surface area contributed by atoms with E-state index in [1.807, 2.05) is 51.1 Å². The maximum atomic E-state index is 11.9. The lowest BCUT2D eigenvalue weighted by Crippen LogP contribution is -2.25. The zero-order valence-electron chi connectivity index (χ0n) is 11.1. The summed E-state index contributed by atoms with van der Waals surface area (Å²) in [5, 5.41) is 1.06. The summed E-state index contributed by atoms with van der Waals surface area (Å²) in [5.74, 6) is 0. The topological polar surface area (TPSA) is 48.3 Å². The van der Waals surface area contributed by atoms with Gasteiger partial charge in [0.2, 0.25) is 0 Å². The Morgan fingerprint density at radius 1 is 1.32 bits per heavy atom. The van der Waals surface area contributed by atoms with Crippen molar-refractivity contribution in [2.45, 2.75) is 25.5 Å². The molecule has 0 amide bonds. The van der Waals surface area contributed by atoms with E-state index in [-0.39, 0.29) is 4.75 Å². The van der Waals surface area contributed by atoms with Gasteiger partial charge in [-0.25, -0.2) is 4.98 Å². The molecule has 0 radical (unpaired) electrons. The van der Waals surface area contributed by atoms with Crippen LogP contribution < -0.4 is 0 Å². The van der Waals surface area contributed by atoms with Gasteiger partial charge in [-0.05, 0) is 48.8 Å². The molecule has 19 heavy (non-hydrogen) atoms. The van der Waals surface area contributed by atoms with Crippen molar-refractivity contribution in [2.24, 2.45) is 4.40 Å². The van der Waals surface area contributed by atoms with Gasteiger partial charge < -0.3 is 4.55 Å². The largest absolute Gasteiger partial charge is 0.591 e. The third-order valence-electron chi connectivity index (χ3n) is 2.50. The van der Waals surface area contributed by atoms with E-state index in [1.165, 1.54) is 0 Å². The fraction of sp³-hybridized carbons (Fsp3) is 0.286. The fourth-order valence-corrected chi connectivity index (χ4v) is 2.40. The molecule has 1 aromatic carbocycles. The van der Waals surface area contributed by atoms with E-state index >= 15 is 0 Å². The minimum absolute atomic E-state index is 0.361. The lowest BCUT2D eigenvalue weighted by molar-refractivity contribution is 0.562. The molecule has 1 heterocycles. The molecule has 0 N–H and O–H groups in total. The van der Waals surface area contributed by atoms with Gasteiger partial charge in [0.15, 0.2) is 0 Å². The number of nitrogens with zero attached hydrogens (tertiary/aromatic N) is 2. The average Bonchev–Trinajstić information content (AvgIpc) is 2.34. The van der Waals surface area contributed by atoms with Gasteiger partial charge in [0, 0.05) is 9.86 Å². The molecule has 2 rings (SSSR count). The van der Waals surface area contributed by atoms with Crippen LogP contribution in [0.3, 0.4) is 0 Å². The van der Waals surface area contributed by atoms with E-state index in [4.69, 9.17) is 0 Å². The third kappa shape index (κ3) is 3.55. The van der Waals surface area contributed by atoms with Crippen LogP contribution in [0.25, 0.3) is 10.9 Å². The Hall–Kier alpha value is -0.910. The highest BCUT2D eigenvalue weighted by Crippen LogP contribution is 2.21. The molecule has 100 valence electrons. The molecular formula is C14H15BrN2OS. The number of benzene rings is 1. The Balaban J connectivity index is 2.35. The average molecular weight is 339 g/mol. The Morgan fingerprint density at radius 3 is 2.68 bits per heavy atom. The molecule has 0 saturated carbocycles. The minimum atomic E-state index is -1.27. The summed E-state index contributed by atoms with van der Waals surface area (Å²) >= 11 is 2.19. The monoisotopic (exact) mass is 338 g/mol. The molecule has 0 saturated heterocycles. The van der Waals surface area contributed by atoms with E-state index in [2.05, 4.69) is 25.3 Å². The maximum absolute atomic E-state index is 11.9. The molecule has 1 aromatic heterocycles. The molecule has 0 bridgehead atoms. The molecule has 0 fully saturated rings. The second-order valence-electron chi connectivity index (χ2n) is 5.14. The first-order valence-electron chi connectivity index (χ1n) is 5.89. The van der Waals surface area contributed by atoms with Crippen LogP contribution in [0.15, 0.2) is 39.2 Å². The highest BCUT2D eigenvalue weighted by molar-refractivity contribution is 9.10. The molecule has 1 atom stereocenters. The SMILES string of the molecule is CC(C)(C)[S+]([O-])/N=C/c1nc2ccccc2cc1Br. The zero-order chi connectivity index (χ0) is 14.0. The Morgan fingerprint density at radius 2 is 2.00 bits per heavy atom. The van der Waals surface area contributed by atoms with E-state index in [9.17, 15) is 4.55 Å². The fourth-order valence-electron chi connectivity index (χ4n) is 1.45. The molecule has 2 aromatic rings. The number of rotatable bonds is 2. The van der Waals surface area contributed by atoms with Crippen LogP contribution in [0, 0.1) is 0 Å². The summed E-state index contributed by atoms with van der Waals surface area (Å²) in [6.07, 6.45) is 1.57. The van der Waals surface area contributed by atoms with Crippen molar-refractivity contribution in [3.8, 4) is 0 Å². The van der Waals surface area contributed by atoms with Gasteiger partial charge in [0.1, 0.15) is 28.0 Å². The van der Waals surface area contributed by atoms with Gasteiger partial charge in [-0.2, -0.15) is 0 Å². The number of para-hydroxylation sites is 1. The van der Waals surface area contributed by atoms with Crippen molar-refractivity contribution in [1.82, 2.24) is 4.98 Å². The summed E-state index contributed by atoms with van der Waals surface area (Å²) in [6, 6.07) is 9.85. The van der Waals surface area contributed by atoms with E-state index in [0.717, 1.165) is 15.4 Å². The predicted octanol–water partition coefficient (Wildman–Crippen LogP) is 3.88. The van der Waals surface area contributed by atoms with Crippen LogP contribution in [0.2, 0.25) is 0 Å². The summed E-state index contributed by atoms with van der Waals surface area (Å²) in [4.78, 5) is 4.50. The minimum Gasteiger partial charge on any atom is -0.591 e. The van der Waals surface area contributed by atoms with Crippen LogP contribution in [0.5, 0.6) is 0 Å². The van der Waals surface area contributed by atoms with Gasteiger partial charge >= 0.3 is 0 Å². The molecule has 0 aliphatic rings. The van der Waals surface area contributed by atoms with E-state index in [0.29, 0.717) is 5.69 Å². The lowest BCUT2D eigenvalue weighted by atomic mass is 10.2. The summed E-state index contributed by atoms with van der Waals surface area (Å²) < 4.78 is 16.5. The second-order valence-corrected chi connectivity index (χ2v) is 7.93. The number of hydrogen-bond donors (Lipinski definition) is 0. The second kappa shape index (κ2) is 5.61. The number of fused-ring (bicyclic) bond motifs is 1. The molecule has 0 spiro atoms. The maximum Gasteiger partial charge on any atom is 0.144 e. The lowest BCUT2D eigenvalue weighted by Gasteiger charge is -2.17. The van der Waals surface area contributed by atoms with Crippen molar-refractivity contribution < 1.29 is 4.55 Å². The van der Waals surface area contributed by atoms with Crippen molar-refractivity contribution in [1.29, 1.82) is 0 Å². The zero-order valence-corrected chi connectivity index (χ0v) is 13.5. The van der Waals surface area contributed by atoms with Crippen molar-refractivity contribution >= 4 is 44.4 Å². The van der Waals surface area contributed by atoms with Gasteiger partial charge in [0.25, 0.3) is 0 Å². The first-order valence-corrected chi connectivity index (χ1v) is 7.79. The van der Waals surface area contributed by atoms with Crippen LogP contribution in [0.4, 0.5) is 0 Å². The predicted molar refractivity (Wildman–Crippen MR) is 84.9 cm³/mol.